The van der Waals surface area contributed by atoms with E-state index in [9.17, 15) is 4.79 Å². The summed E-state index contributed by atoms with van der Waals surface area (Å²) in [6.07, 6.45) is 20.2. The average Bonchev–Trinajstić information content (AvgIpc) is 2.43. The van der Waals surface area contributed by atoms with E-state index >= 15 is 0 Å². The fourth-order valence-electron chi connectivity index (χ4n) is 2.65. The molecule has 0 spiro atoms. The molecule has 0 saturated heterocycles. The molecule has 0 bridgehead atoms. The van der Waals surface area contributed by atoms with Gasteiger partial charge in [-0.2, -0.15) is 0 Å². The van der Waals surface area contributed by atoms with E-state index < -0.39 is 5.97 Å². The van der Waals surface area contributed by atoms with E-state index in [1.807, 2.05) is 0 Å². The van der Waals surface area contributed by atoms with Crippen LogP contribution in [0.25, 0.3) is 0 Å². The zero-order valence-electron chi connectivity index (χ0n) is 16.9. The number of unbranched alkanes of at least 4 members (excludes halogenated alkanes) is 14. The molecule has 0 unspecified atom stereocenters. The van der Waals surface area contributed by atoms with E-state index in [0.29, 0.717) is 6.42 Å². The Bertz CT molecular complexity index is 220. The second-order valence-corrected chi connectivity index (χ2v) is 6.09. The quantitative estimate of drug-likeness (QED) is 0.303. The molecule has 0 saturated carbocycles. The molecule has 0 aliphatic carbocycles. The van der Waals surface area contributed by atoms with Crippen LogP contribution < -0.4 is 0 Å². The van der Waals surface area contributed by atoms with E-state index in [-0.39, 0.29) is 46.1 Å². The van der Waals surface area contributed by atoms with Crippen LogP contribution in [-0.2, 0) is 4.79 Å². The van der Waals surface area contributed by atoms with Gasteiger partial charge in [-0.3, -0.25) is 4.79 Å². The molecule has 0 amide bonds. The summed E-state index contributed by atoms with van der Waals surface area (Å²) in [5.74, 6) is -0.653. The summed E-state index contributed by atoms with van der Waals surface area (Å²) in [4.78, 5) is 10.3. The Hall–Kier alpha value is 0.690. The van der Waals surface area contributed by atoms with E-state index in [0.717, 1.165) is 12.8 Å². The molecule has 0 aromatic carbocycles. The molecule has 3 N–H and O–H groups in total. The number of aliphatic carboxylic acids is 1. The number of rotatable bonds is 16. The number of hydrogen-bond acceptors (Lipinski definition) is 1. The van der Waals surface area contributed by atoms with E-state index in [4.69, 9.17) is 5.11 Å². The maximum atomic E-state index is 10.3. The fraction of sp³-hybridized carbons (Fsp3) is 0.944. The molecule has 0 aromatic rings. The van der Waals surface area contributed by atoms with Crippen LogP contribution >= 0.6 is 0 Å². The van der Waals surface area contributed by atoms with Crippen LogP contribution in [0, 0.1) is 0 Å². The SMILES string of the molecule is CCCCCCCCCCCCCCCCCC(=O)O.O.[Ca+2].[H-].[H-]. The fourth-order valence-corrected chi connectivity index (χ4v) is 2.65. The minimum atomic E-state index is -0.653. The van der Waals surface area contributed by atoms with Gasteiger partial charge in [-0.1, -0.05) is 96.8 Å². The van der Waals surface area contributed by atoms with Crippen LogP contribution in [0.5, 0.6) is 0 Å². The Morgan fingerprint density at radius 2 is 0.955 bits per heavy atom. The van der Waals surface area contributed by atoms with Gasteiger partial charge in [0.2, 0.25) is 0 Å². The third-order valence-corrected chi connectivity index (χ3v) is 3.99. The predicted octanol–water partition coefficient (Wildman–Crippen LogP) is 5.35. The largest absolute Gasteiger partial charge is 2.00 e. The van der Waals surface area contributed by atoms with E-state index in [2.05, 4.69) is 6.92 Å². The van der Waals surface area contributed by atoms with Crippen LogP contribution in [0.1, 0.15) is 113 Å². The maximum Gasteiger partial charge on any atom is 2.00 e. The predicted molar refractivity (Wildman–Crippen MR) is 98.8 cm³/mol. The first-order valence-electron chi connectivity index (χ1n) is 8.99. The van der Waals surface area contributed by atoms with Gasteiger partial charge < -0.3 is 13.4 Å². The molecule has 132 valence electrons. The Kier molecular flexibility index (Phi) is 30.0. The van der Waals surface area contributed by atoms with Gasteiger partial charge in [0, 0.05) is 6.42 Å². The minimum Gasteiger partial charge on any atom is -1.00 e. The van der Waals surface area contributed by atoms with Crippen molar-refractivity contribution in [3.8, 4) is 0 Å². The van der Waals surface area contributed by atoms with Crippen LogP contribution in [0.15, 0.2) is 0 Å². The van der Waals surface area contributed by atoms with Crippen molar-refractivity contribution in [3.63, 3.8) is 0 Å². The van der Waals surface area contributed by atoms with Gasteiger partial charge in [0.25, 0.3) is 0 Å². The van der Waals surface area contributed by atoms with E-state index in [1.54, 1.807) is 0 Å². The normalized spacial score (nSPS) is 9.86. The Labute approximate surface area is 170 Å². The molecule has 0 fully saturated rings. The monoisotopic (exact) mass is 344 g/mol. The molecular weight excluding hydrogens is 304 g/mol. The standard InChI is InChI=1S/C18H36O2.Ca.H2O.2H/c1-2-3-4-5-6-7-8-9-10-11-12-13-14-15-16-17-18(19)20;;;;/h2-17H2,1H3,(H,19,20);;1H2;;/q;+2;;2*-1. The Balaban J connectivity index is -0.000000301. The zero-order chi connectivity index (χ0) is 14.9. The van der Waals surface area contributed by atoms with Gasteiger partial charge in [-0.15, -0.1) is 0 Å². The van der Waals surface area contributed by atoms with Gasteiger partial charge in [-0.05, 0) is 6.42 Å². The van der Waals surface area contributed by atoms with Crippen LogP contribution in [0.3, 0.4) is 0 Å². The van der Waals surface area contributed by atoms with Crippen molar-refractivity contribution in [2.75, 3.05) is 0 Å². The smallest absolute Gasteiger partial charge is 1.00 e. The summed E-state index contributed by atoms with van der Waals surface area (Å²) < 4.78 is 0. The van der Waals surface area contributed by atoms with Crippen LogP contribution in [0.4, 0.5) is 0 Å². The third-order valence-electron chi connectivity index (χ3n) is 3.99. The summed E-state index contributed by atoms with van der Waals surface area (Å²) in [6.45, 7) is 2.27. The van der Waals surface area contributed by atoms with Crippen molar-refractivity contribution in [2.24, 2.45) is 0 Å². The molecule has 0 rings (SSSR count). The molecule has 0 aromatic heterocycles. The summed E-state index contributed by atoms with van der Waals surface area (Å²) in [5.41, 5.74) is 0. The summed E-state index contributed by atoms with van der Waals surface area (Å²) >= 11 is 0. The molecule has 0 aliphatic rings. The molecule has 4 heteroatoms. The van der Waals surface area contributed by atoms with Crippen LogP contribution in [0.2, 0.25) is 0 Å². The van der Waals surface area contributed by atoms with Gasteiger partial charge >= 0.3 is 43.7 Å². The van der Waals surface area contributed by atoms with Crippen molar-refractivity contribution in [3.05, 3.63) is 0 Å². The number of carbonyl (C=O) groups is 1. The first-order chi connectivity index (χ1) is 9.77. The molecule has 22 heavy (non-hydrogen) atoms. The number of hydrogen-bond donors (Lipinski definition) is 1. The molecule has 0 radical (unpaired) electrons. The number of carboxylic acid groups (broad SMARTS) is 1. The van der Waals surface area contributed by atoms with Gasteiger partial charge in [0.1, 0.15) is 0 Å². The molecule has 0 aliphatic heterocycles. The van der Waals surface area contributed by atoms with Crippen molar-refractivity contribution >= 4 is 43.7 Å². The summed E-state index contributed by atoms with van der Waals surface area (Å²) in [6, 6.07) is 0. The second kappa shape index (κ2) is 23.9. The molecular formula is C18H40CaO3. The van der Waals surface area contributed by atoms with E-state index in [1.165, 1.54) is 83.5 Å². The van der Waals surface area contributed by atoms with Gasteiger partial charge in [-0.25, -0.2) is 0 Å². The number of carboxylic acids is 1. The van der Waals surface area contributed by atoms with Crippen molar-refractivity contribution in [1.82, 2.24) is 0 Å². The van der Waals surface area contributed by atoms with Gasteiger partial charge in [0.15, 0.2) is 0 Å². The van der Waals surface area contributed by atoms with Crippen molar-refractivity contribution < 1.29 is 18.2 Å². The van der Waals surface area contributed by atoms with Crippen LogP contribution in [-0.4, -0.2) is 54.3 Å². The zero-order valence-corrected chi connectivity index (χ0v) is 17.1. The third kappa shape index (κ3) is 25.6. The topological polar surface area (TPSA) is 68.8 Å². The Morgan fingerprint density at radius 3 is 1.23 bits per heavy atom. The van der Waals surface area contributed by atoms with Crippen molar-refractivity contribution in [1.29, 1.82) is 0 Å². The first-order valence-corrected chi connectivity index (χ1v) is 8.99. The Morgan fingerprint density at radius 1 is 0.682 bits per heavy atom. The maximum absolute atomic E-state index is 10.3. The summed E-state index contributed by atoms with van der Waals surface area (Å²) in [7, 11) is 0. The van der Waals surface area contributed by atoms with Crippen molar-refractivity contribution in [2.45, 2.75) is 110 Å². The molecule has 0 atom stereocenters. The minimum absolute atomic E-state index is 0. The average molecular weight is 345 g/mol. The molecule has 0 heterocycles. The summed E-state index contributed by atoms with van der Waals surface area (Å²) in [5, 5.41) is 8.52. The molecule has 3 nitrogen and oxygen atoms in total. The second-order valence-electron chi connectivity index (χ2n) is 6.09. The van der Waals surface area contributed by atoms with Gasteiger partial charge in [0.05, 0.1) is 0 Å². The first kappa shape index (κ1) is 27.5.